The molecule has 2 unspecified atom stereocenters. The Labute approximate surface area is 144 Å². The Morgan fingerprint density at radius 3 is 1.62 bits per heavy atom. The highest BCUT2D eigenvalue weighted by molar-refractivity contribution is 7.85. The smallest absolute Gasteiger partial charge is 0.426 e. The van der Waals surface area contributed by atoms with Crippen LogP contribution in [0.5, 0.6) is 0 Å². The van der Waals surface area contributed by atoms with Gasteiger partial charge in [0.2, 0.25) is 6.10 Å². The zero-order chi connectivity index (χ0) is 20.8. The highest BCUT2D eigenvalue weighted by atomic mass is 32.2. The topological polar surface area (TPSA) is 107 Å². The van der Waals surface area contributed by atoms with E-state index in [0.717, 1.165) is 6.92 Å². The van der Waals surface area contributed by atoms with E-state index in [1.807, 2.05) is 0 Å². The Morgan fingerprint density at radius 2 is 1.31 bits per heavy atom. The van der Waals surface area contributed by atoms with Gasteiger partial charge in [0.25, 0.3) is 10.1 Å². The third-order valence-corrected chi connectivity index (χ3v) is 3.50. The van der Waals surface area contributed by atoms with Crippen molar-refractivity contribution in [3.05, 3.63) is 0 Å². The van der Waals surface area contributed by atoms with Crippen LogP contribution in [0.1, 0.15) is 32.6 Å². The summed E-state index contributed by atoms with van der Waals surface area (Å²) in [5.74, 6) is -4.77. The molecule has 0 aromatic rings. The van der Waals surface area contributed by atoms with Crippen molar-refractivity contribution in [2.75, 3.05) is 5.75 Å². The predicted molar refractivity (Wildman–Crippen MR) is 72.4 cm³/mol. The molecule has 7 nitrogen and oxygen atoms in total. The van der Waals surface area contributed by atoms with E-state index < -0.39 is 78.1 Å². The van der Waals surface area contributed by atoms with Gasteiger partial charge in [-0.3, -0.25) is 14.1 Å². The Bertz CT molecular complexity index is 584. The van der Waals surface area contributed by atoms with Crippen LogP contribution < -0.4 is 0 Å². The van der Waals surface area contributed by atoms with Gasteiger partial charge in [0.05, 0.1) is 0 Å². The van der Waals surface area contributed by atoms with Gasteiger partial charge in [-0.1, -0.05) is 6.92 Å². The van der Waals surface area contributed by atoms with Crippen molar-refractivity contribution in [2.24, 2.45) is 0 Å². The van der Waals surface area contributed by atoms with Gasteiger partial charge in [-0.2, -0.15) is 34.8 Å². The van der Waals surface area contributed by atoms with E-state index in [-0.39, 0.29) is 0 Å². The third kappa shape index (κ3) is 10.4. The number of carbonyl (C=O) groups excluding carboxylic acids is 2. The van der Waals surface area contributed by atoms with Crippen LogP contribution in [0.3, 0.4) is 0 Å². The number of halogens is 6. The van der Waals surface area contributed by atoms with Crippen LogP contribution in [-0.2, 0) is 29.2 Å². The summed E-state index contributed by atoms with van der Waals surface area (Å²) in [6.45, 7) is 1.12. The number of hydrogen-bond acceptors (Lipinski definition) is 6. The minimum atomic E-state index is -5.27. The second kappa shape index (κ2) is 9.39. The normalized spacial score (nSPS) is 15.2. The number of carbonyl (C=O) groups is 2. The van der Waals surface area contributed by atoms with Crippen LogP contribution in [0, 0.1) is 0 Å². The predicted octanol–water partition coefficient (Wildman–Crippen LogP) is 2.40. The standard InChI is InChI=1S/C12H16F6O7S/c1-2-7(11(13,14)15)24-9(19)4-3-5-10(20)25-8(12(16,17)18)6-26(21,22)23/h7-8H,2-6H2,1H3,(H,21,22,23). The molecule has 0 rings (SSSR count). The second-order valence-electron chi connectivity index (χ2n) is 5.05. The molecule has 1 N–H and O–H groups in total. The Morgan fingerprint density at radius 1 is 0.923 bits per heavy atom. The fraction of sp³-hybridized carbons (Fsp3) is 0.833. The molecule has 0 fully saturated rings. The quantitative estimate of drug-likeness (QED) is 0.348. The van der Waals surface area contributed by atoms with Gasteiger partial charge in [-0.15, -0.1) is 0 Å². The lowest BCUT2D eigenvalue weighted by Gasteiger charge is -2.20. The van der Waals surface area contributed by atoms with E-state index in [4.69, 9.17) is 4.55 Å². The molecule has 2 atom stereocenters. The van der Waals surface area contributed by atoms with Crippen LogP contribution in [0.15, 0.2) is 0 Å². The molecule has 0 aromatic heterocycles. The van der Waals surface area contributed by atoms with Crippen molar-refractivity contribution in [1.29, 1.82) is 0 Å². The van der Waals surface area contributed by atoms with Gasteiger partial charge in [-0.25, -0.2) is 0 Å². The minimum Gasteiger partial charge on any atom is -0.453 e. The lowest BCUT2D eigenvalue weighted by atomic mass is 10.2. The summed E-state index contributed by atoms with van der Waals surface area (Å²) in [7, 11) is -5.09. The van der Waals surface area contributed by atoms with Gasteiger partial charge in [0.1, 0.15) is 5.75 Å². The molecule has 0 aliphatic heterocycles. The largest absolute Gasteiger partial charge is 0.453 e. The maximum Gasteiger partial charge on any atom is 0.426 e. The van der Waals surface area contributed by atoms with E-state index in [1.54, 1.807) is 0 Å². The third-order valence-electron chi connectivity index (χ3n) is 2.77. The molecule has 0 saturated heterocycles. The molecule has 0 saturated carbocycles. The molecule has 0 aliphatic carbocycles. The first-order chi connectivity index (χ1) is 11.6. The molecule has 0 spiro atoms. The van der Waals surface area contributed by atoms with E-state index >= 15 is 0 Å². The van der Waals surface area contributed by atoms with Gasteiger partial charge in [-0.05, 0) is 12.8 Å². The van der Waals surface area contributed by atoms with Crippen LogP contribution in [0.2, 0.25) is 0 Å². The van der Waals surface area contributed by atoms with Gasteiger partial charge >= 0.3 is 24.3 Å². The molecule has 0 aromatic carbocycles. The first-order valence-corrected chi connectivity index (χ1v) is 8.64. The van der Waals surface area contributed by atoms with Crippen molar-refractivity contribution in [3.63, 3.8) is 0 Å². The number of ether oxygens (including phenoxy) is 2. The van der Waals surface area contributed by atoms with E-state index in [2.05, 4.69) is 9.47 Å². The van der Waals surface area contributed by atoms with Gasteiger partial charge < -0.3 is 9.47 Å². The molecule has 26 heavy (non-hydrogen) atoms. The second-order valence-corrected chi connectivity index (χ2v) is 6.55. The minimum absolute atomic E-state index is 0.484. The lowest BCUT2D eigenvalue weighted by molar-refractivity contribution is -0.221. The number of alkyl halides is 6. The molecule has 0 radical (unpaired) electrons. The Balaban J connectivity index is 4.50. The number of esters is 2. The van der Waals surface area contributed by atoms with Crippen molar-refractivity contribution < 1.29 is 58.4 Å². The maximum atomic E-state index is 12.5. The lowest BCUT2D eigenvalue weighted by Crippen LogP contribution is -2.39. The molecule has 154 valence electrons. The SMILES string of the molecule is CCC(OC(=O)CCCC(=O)OC(CS(=O)(=O)O)C(F)(F)F)C(F)(F)F. The summed E-state index contributed by atoms with van der Waals surface area (Å²) in [4.78, 5) is 22.5. The monoisotopic (exact) mass is 418 g/mol. The van der Waals surface area contributed by atoms with Crippen molar-refractivity contribution in [2.45, 2.75) is 57.2 Å². The summed E-state index contributed by atoms with van der Waals surface area (Å²) in [5, 5.41) is 0. The van der Waals surface area contributed by atoms with E-state index in [1.165, 1.54) is 0 Å². The Hall–Kier alpha value is -1.57. The molecular formula is C12H16F6O7S. The van der Waals surface area contributed by atoms with Crippen molar-refractivity contribution >= 4 is 22.1 Å². The summed E-state index contributed by atoms with van der Waals surface area (Å²) in [6, 6.07) is 0. The summed E-state index contributed by atoms with van der Waals surface area (Å²) < 4.78 is 112. The average molecular weight is 418 g/mol. The number of rotatable bonds is 9. The maximum absolute atomic E-state index is 12.5. The summed E-state index contributed by atoms with van der Waals surface area (Å²) in [6.07, 6.45) is -18.0. The van der Waals surface area contributed by atoms with Crippen LogP contribution in [0.4, 0.5) is 26.3 Å². The fourth-order valence-corrected chi connectivity index (χ4v) is 2.22. The highest BCUT2D eigenvalue weighted by Crippen LogP contribution is 2.26. The molecule has 0 aliphatic rings. The van der Waals surface area contributed by atoms with Crippen LogP contribution in [-0.4, -0.2) is 55.2 Å². The molecule has 14 heteroatoms. The van der Waals surface area contributed by atoms with E-state index in [0.29, 0.717) is 0 Å². The van der Waals surface area contributed by atoms with Crippen LogP contribution >= 0.6 is 0 Å². The zero-order valence-electron chi connectivity index (χ0n) is 13.3. The van der Waals surface area contributed by atoms with Crippen LogP contribution in [0.25, 0.3) is 0 Å². The molecule has 0 amide bonds. The Kier molecular flexibility index (Phi) is 8.82. The van der Waals surface area contributed by atoms with Crippen molar-refractivity contribution in [1.82, 2.24) is 0 Å². The summed E-state index contributed by atoms with van der Waals surface area (Å²) in [5.41, 5.74) is 0. The zero-order valence-corrected chi connectivity index (χ0v) is 14.1. The molecule has 0 bridgehead atoms. The van der Waals surface area contributed by atoms with Gasteiger partial charge in [0.15, 0.2) is 6.10 Å². The first-order valence-electron chi connectivity index (χ1n) is 7.03. The number of hydrogen-bond donors (Lipinski definition) is 1. The van der Waals surface area contributed by atoms with Gasteiger partial charge in [0, 0.05) is 12.8 Å². The molecule has 0 heterocycles. The first kappa shape index (κ1) is 24.4. The average Bonchev–Trinajstić information content (AvgIpc) is 2.40. The highest BCUT2D eigenvalue weighted by Gasteiger charge is 2.45. The van der Waals surface area contributed by atoms with Crippen molar-refractivity contribution in [3.8, 4) is 0 Å². The molecular weight excluding hydrogens is 402 g/mol. The fourth-order valence-electron chi connectivity index (χ4n) is 1.58. The van der Waals surface area contributed by atoms with E-state index in [9.17, 15) is 44.3 Å². The summed E-state index contributed by atoms with van der Waals surface area (Å²) >= 11 is 0.